The van der Waals surface area contributed by atoms with Crippen molar-refractivity contribution in [3.63, 3.8) is 0 Å². The lowest BCUT2D eigenvalue weighted by Crippen LogP contribution is -2.44. The van der Waals surface area contributed by atoms with Crippen molar-refractivity contribution in [3.05, 3.63) is 35.9 Å². The zero-order chi connectivity index (χ0) is 15.9. The number of carbonyl (C=O) groups is 1. The normalized spacial score (nSPS) is 12.0. The lowest BCUT2D eigenvalue weighted by molar-refractivity contribution is -0.00376. The van der Waals surface area contributed by atoms with Gasteiger partial charge in [0.2, 0.25) is 0 Å². The Bertz CT molecular complexity index is 445. The van der Waals surface area contributed by atoms with Crippen LogP contribution in [0.4, 0.5) is 13.6 Å². The van der Waals surface area contributed by atoms with Gasteiger partial charge in [-0.15, -0.1) is 0 Å². The second-order valence-corrected chi connectivity index (χ2v) is 5.80. The molecule has 0 saturated carbocycles. The Morgan fingerprint density at radius 2 is 1.76 bits per heavy atom. The number of halogens is 2. The topological polar surface area (TPSA) is 50.4 Å². The smallest absolute Gasteiger partial charge is 0.407 e. The molecule has 0 fully saturated rings. The first-order valence-electron chi connectivity index (χ1n) is 6.77. The van der Waals surface area contributed by atoms with Crippen LogP contribution in [0.1, 0.15) is 26.3 Å². The van der Waals surface area contributed by atoms with E-state index in [1.54, 1.807) is 20.8 Å². The summed E-state index contributed by atoms with van der Waals surface area (Å²) in [5, 5.41) is 4.75. The largest absolute Gasteiger partial charge is 0.444 e. The van der Waals surface area contributed by atoms with E-state index >= 15 is 0 Å². The van der Waals surface area contributed by atoms with Crippen molar-refractivity contribution in [2.45, 2.75) is 38.8 Å². The maximum Gasteiger partial charge on any atom is 0.407 e. The third-order valence-electron chi connectivity index (χ3n) is 2.45. The van der Waals surface area contributed by atoms with Gasteiger partial charge in [-0.3, -0.25) is 0 Å². The first-order chi connectivity index (χ1) is 9.68. The molecule has 118 valence electrons. The minimum atomic E-state index is -3.04. The van der Waals surface area contributed by atoms with Crippen LogP contribution >= 0.6 is 0 Å². The Labute approximate surface area is 123 Å². The maximum atomic E-state index is 13.6. The molecule has 1 amide bonds. The molecule has 0 heterocycles. The van der Waals surface area contributed by atoms with Gasteiger partial charge in [-0.25, -0.2) is 13.6 Å². The summed E-state index contributed by atoms with van der Waals surface area (Å²) >= 11 is 0. The third kappa shape index (κ3) is 8.24. The quantitative estimate of drug-likeness (QED) is 0.849. The molecule has 0 atom stereocenters. The molecule has 0 unspecified atom stereocenters. The van der Waals surface area contributed by atoms with Gasteiger partial charge in [0.15, 0.2) is 0 Å². The molecular weight excluding hydrogens is 278 g/mol. The second kappa shape index (κ2) is 7.36. The van der Waals surface area contributed by atoms with E-state index in [1.807, 2.05) is 30.3 Å². The third-order valence-corrected chi connectivity index (χ3v) is 2.45. The minimum absolute atomic E-state index is 0.350. The van der Waals surface area contributed by atoms with Crippen molar-refractivity contribution in [1.82, 2.24) is 10.6 Å². The molecule has 1 rings (SSSR count). The highest BCUT2D eigenvalue weighted by atomic mass is 19.3. The number of amides is 1. The average Bonchev–Trinajstić information content (AvgIpc) is 2.36. The second-order valence-electron chi connectivity index (χ2n) is 5.80. The monoisotopic (exact) mass is 300 g/mol. The SMILES string of the molecule is CC(C)(C)OC(=O)NCC(F)(F)CNCc1ccccc1. The van der Waals surface area contributed by atoms with E-state index < -0.39 is 30.7 Å². The predicted molar refractivity (Wildman–Crippen MR) is 77.3 cm³/mol. The van der Waals surface area contributed by atoms with Gasteiger partial charge in [0.05, 0.1) is 13.1 Å². The standard InChI is InChI=1S/C15H22F2N2O2/c1-14(2,3)21-13(20)19-11-15(16,17)10-18-9-12-7-5-4-6-8-12/h4-8,18H,9-11H2,1-3H3,(H,19,20). The highest BCUT2D eigenvalue weighted by molar-refractivity contribution is 5.67. The zero-order valence-electron chi connectivity index (χ0n) is 12.6. The molecule has 0 spiro atoms. The van der Waals surface area contributed by atoms with Gasteiger partial charge in [-0.1, -0.05) is 30.3 Å². The van der Waals surface area contributed by atoms with E-state index in [2.05, 4.69) is 10.6 Å². The van der Waals surface area contributed by atoms with E-state index in [9.17, 15) is 13.6 Å². The van der Waals surface area contributed by atoms with E-state index in [4.69, 9.17) is 4.74 Å². The number of hydrogen-bond donors (Lipinski definition) is 2. The van der Waals surface area contributed by atoms with Gasteiger partial charge in [-0.2, -0.15) is 0 Å². The molecule has 2 N–H and O–H groups in total. The minimum Gasteiger partial charge on any atom is -0.444 e. The first-order valence-corrected chi connectivity index (χ1v) is 6.77. The van der Waals surface area contributed by atoms with Crippen LogP contribution in [-0.4, -0.2) is 30.7 Å². The molecule has 21 heavy (non-hydrogen) atoms. The number of alkyl halides is 2. The van der Waals surface area contributed by atoms with Crippen LogP contribution in [0, 0.1) is 0 Å². The zero-order valence-corrected chi connectivity index (χ0v) is 12.6. The Hall–Kier alpha value is -1.69. The van der Waals surface area contributed by atoms with Crippen LogP contribution in [0.25, 0.3) is 0 Å². The van der Waals surface area contributed by atoms with Crippen molar-refractivity contribution in [2.24, 2.45) is 0 Å². The summed E-state index contributed by atoms with van der Waals surface area (Å²) in [5.41, 5.74) is 0.221. The van der Waals surface area contributed by atoms with Crippen molar-refractivity contribution in [2.75, 3.05) is 13.1 Å². The van der Waals surface area contributed by atoms with Gasteiger partial charge < -0.3 is 15.4 Å². The molecule has 1 aromatic carbocycles. The first kappa shape index (κ1) is 17.4. The molecule has 0 bridgehead atoms. The highest BCUT2D eigenvalue weighted by Gasteiger charge is 2.29. The fourth-order valence-electron chi connectivity index (χ4n) is 1.56. The van der Waals surface area contributed by atoms with E-state index in [0.717, 1.165) is 5.56 Å². The lowest BCUT2D eigenvalue weighted by Gasteiger charge is -2.22. The number of rotatable bonds is 6. The summed E-state index contributed by atoms with van der Waals surface area (Å²) < 4.78 is 32.1. The number of alkyl carbamates (subject to hydrolysis) is 1. The van der Waals surface area contributed by atoms with Gasteiger partial charge in [0.1, 0.15) is 5.60 Å². The lowest BCUT2D eigenvalue weighted by atomic mass is 10.2. The van der Waals surface area contributed by atoms with Crippen molar-refractivity contribution in [1.29, 1.82) is 0 Å². The Kier molecular flexibility index (Phi) is 6.08. The van der Waals surface area contributed by atoms with Gasteiger partial charge in [-0.05, 0) is 26.3 Å². The summed E-state index contributed by atoms with van der Waals surface area (Å²) in [7, 11) is 0. The molecule has 6 heteroatoms. The molecule has 1 aromatic rings. The molecule has 0 aliphatic heterocycles. The van der Waals surface area contributed by atoms with E-state index in [1.165, 1.54) is 0 Å². The summed E-state index contributed by atoms with van der Waals surface area (Å²) in [5.74, 6) is -3.04. The van der Waals surface area contributed by atoms with Gasteiger partial charge >= 0.3 is 6.09 Å². The van der Waals surface area contributed by atoms with E-state index in [-0.39, 0.29) is 0 Å². The molecule has 4 nitrogen and oxygen atoms in total. The van der Waals surface area contributed by atoms with Crippen molar-refractivity contribution in [3.8, 4) is 0 Å². The molecule has 0 aromatic heterocycles. The molecule has 0 saturated heterocycles. The molecule has 0 radical (unpaired) electrons. The average molecular weight is 300 g/mol. The highest BCUT2D eigenvalue weighted by Crippen LogP contribution is 2.12. The number of carbonyl (C=O) groups excluding carboxylic acids is 1. The number of hydrogen-bond acceptors (Lipinski definition) is 3. The molecular formula is C15H22F2N2O2. The van der Waals surface area contributed by atoms with Gasteiger partial charge in [0.25, 0.3) is 5.92 Å². The maximum absolute atomic E-state index is 13.6. The van der Waals surface area contributed by atoms with Crippen molar-refractivity contribution >= 4 is 6.09 Å². The fourth-order valence-corrected chi connectivity index (χ4v) is 1.56. The van der Waals surface area contributed by atoms with Crippen LogP contribution in [0.5, 0.6) is 0 Å². The van der Waals surface area contributed by atoms with Crippen LogP contribution in [-0.2, 0) is 11.3 Å². The Morgan fingerprint density at radius 1 is 1.14 bits per heavy atom. The summed E-state index contributed by atoms with van der Waals surface area (Å²) in [6, 6.07) is 9.26. The van der Waals surface area contributed by atoms with E-state index in [0.29, 0.717) is 6.54 Å². The fraction of sp³-hybridized carbons (Fsp3) is 0.533. The molecule has 0 aliphatic carbocycles. The Balaban J connectivity index is 2.28. The summed E-state index contributed by atoms with van der Waals surface area (Å²) in [4.78, 5) is 11.3. The predicted octanol–water partition coefficient (Wildman–Crippen LogP) is 2.94. The van der Waals surface area contributed by atoms with Crippen LogP contribution in [0.2, 0.25) is 0 Å². The van der Waals surface area contributed by atoms with Crippen LogP contribution < -0.4 is 10.6 Å². The number of nitrogens with one attached hydrogen (secondary N) is 2. The number of ether oxygens (including phenoxy) is 1. The summed E-state index contributed by atoms with van der Waals surface area (Å²) in [6.45, 7) is 4.09. The molecule has 0 aliphatic rings. The van der Waals surface area contributed by atoms with Gasteiger partial charge in [0, 0.05) is 6.54 Å². The Morgan fingerprint density at radius 3 is 2.33 bits per heavy atom. The van der Waals surface area contributed by atoms with Crippen LogP contribution in [0.15, 0.2) is 30.3 Å². The number of benzene rings is 1. The summed E-state index contributed by atoms with van der Waals surface area (Å²) in [6.07, 6.45) is -0.842. The van der Waals surface area contributed by atoms with Crippen molar-refractivity contribution < 1.29 is 18.3 Å². The van der Waals surface area contributed by atoms with Crippen LogP contribution in [0.3, 0.4) is 0 Å².